The molecule has 0 aliphatic heterocycles. The third kappa shape index (κ3) is 4.70. The maximum Gasteiger partial charge on any atom is 0.512 e. The van der Waals surface area contributed by atoms with Gasteiger partial charge in [0.05, 0.1) is 10.6 Å². The number of ether oxygens (including phenoxy) is 1. The molecule has 0 spiro atoms. The maximum atomic E-state index is 13.3. The number of anilines is 1. The molecule has 0 bridgehead atoms. The number of halogens is 2. The second kappa shape index (κ2) is 8.82. The molecule has 0 atom stereocenters. The van der Waals surface area contributed by atoms with E-state index < -0.39 is 12.1 Å². The summed E-state index contributed by atoms with van der Waals surface area (Å²) in [7, 11) is 0. The molecule has 0 saturated carbocycles. The summed E-state index contributed by atoms with van der Waals surface area (Å²) in [6.45, 7) is 3.57. The van der Waals surface area contributed by atoms with E-state index in [1.807, 2.05) is 30.3 Å². The van der Waals surface area contributed by atoms with Gasteiger partial charge in [-0.15, -0.1) is 0 Å². The second-order valence-electron chi connectivity index (χ2n) is 6.26. The van der Waals surface area contributed by atoms with E-state index in [4.69, 9.17) is 33.0 Å². The minimum Gasteiger partial charge on any atom is -0.449 e. The van der Waals surface area contributed by atoms with Gasteiger partial charge in [-0.1, -0.05) is 64.9 Å². The molecular weight excluding hydrogens is 435 g/mol. The Morgan fingerprint density at radius 3 is 2.41 bits per heavy atom. The fraction of sp³-hybridized carbons (Fsp3) is 0.150. The zero-order valence-corrected chi connectivity index (χ0v) is 17.8. The molecule has 0 saturated heterocycles. The summed E-state index contributed by atoms with van der Waals surface area (Å²) in [5, 5.41) is 10.3. The summed E-state index contributed by atoms with van der Waals surface area (Å²) in [6.07, 6.45) is -1.49. The third-order valence-corrected chi connectivity index (χ3v) is 5.42. The third-order valence-electron chi connectivity index (χ3n) is 3.91. The smallest absolute Gasteiger partial charge is 0.449 e. The van der Waals surface area contributed by atoms with Crippen molar-refractivity contribution in [3.05, 3.63) is 64.1 Å². The summed E-state index contributed by atoms with van der Waals surface area (Å²) < 4.78 is 4.94. The van der Waals surface area contributed by atoms with Crippen LogP contribution < -0.4 is 9.64 Å². The summed E-state index contributed by atoms with van der Waals surface area (Å²) in [4.78, 5) is 30.3. The van der Waals surface area contributed by atoms with Crippen molar-refractivity contribution in [1.29, 1.82) is 0 Å². The fourth-order valence-corrected chi connectivity index (χ4v) is 4.07. The van der Waals surface area contributed by atoms with Gasteiger partial charge in [0, 0.05) is 16.6 Å². The van der Waals surface area contributed by atoms with E-state index >= 15 is 0 Å². The lowest BCUT2D eigenvalue weighted by Crippen LogP contribution is -2.37. The average molecular weight is 451 g/mol. The Morgan fingerprint density at radius 2 is 1.83 bits per heavy atom. The number of carbonyl (C=O) groups is 2. The van der Waals surface area contributed by atoms with E-state index in [9.17, 15) is 9.59 Å². The molecule has 1 N–H and O–H groups in total. The SMILES string of the molecule is CC(C)N(C(=O)c1ccc(Cl)cc1Cl)c1nc(-c2ccccc2)sc1OC(=O)O. The quantitative estimate of drug-likeness (QED) is 0.466. The van der Waals surface area contributed by atoms with Gasteiger partial charge in [0.25, 0.3) is 5.91 Å². The number of rotatable bonds is 5. The average Bonchev–Trinajstić information content (AvgIpc) is 3.05. The lowest BCUT2D eigenvalue weighted by Gasteiger charge is -2.25. The van der Waals surface area contributed by atoms with Crippen LogP contribution in [-0.2, 0) is 0 Å². The Morgan fingerprint density at radius 1 is 1.14 bits per heavy atom. The van der Waals surface area contributed by atoms with Gasteiger partial charge >= 0.3 is 6.16 Å². The van der Waals surface area contributed by atoms with Gasteiger partial charge in [-0.05, 0) is 32.0 Å². The molecular formula is C20H16Cl2N2O4S. The van der Waals surface area contributed by atoms with E-state index in [-0.39, 0.29) is 27.5 Å². The number of nitrogens with zero attached hydrogens (tertiary/aromatic N) is 2. The normalized spacial score (nSPS) is 10.8. The molecule has 0 aliphatic carbocycles. The lowest BCUT2D eigenvalue weighted by molar-refractivity contribution is 0.0977. The Kier molecular flexibility index (Phi) is 6.42. The predicted molar refractivity (Wildman–Crippen MR) is 115 cm³/mol. The molecule has 0 aliphatic rings. The van der Waals surface area contributed by atoms with Crippen molar-refractivity contribution >= 4 is 52.4 Å². The van der Waals surface area contributed by atoms with E-state index in [2.05, 4.69) is 4.98 Å². The molecule has 3 aromatic rings. The zero-order chi connectivity index (χ0) is 21.1. The van der Waals surface area contributed by atoms with Crippen LogP contribution in [0.2, 0.25) is 10.0 Å². The molecule has 2 aromatic carbocycles. The largest absolute Gasteiger partial charge is 0.512 e. The first-order valence-electron chi connectivity index (χ1n) is 8.53. The summed E-state index contributed by atoms with van der Waals surface area (Å²) in [6, 6.07) is 13.4. The first-order chi connectivity index (χ1) is 13.8. The predicted octanol–water partition coefficient (Wildman–Crippen LogP) is 6.23. The van der Waals surface area contributed by atoms with Crippen LogP contribution >= 0.6 is 34.5 Å². The van der Waals surface area contributed by atoms with Crippen molar-refractivity contribution < 1.29 is 19.4 Å². The Labute approximate surface area is 181 Å². The first kappa shape index (κ1) is 21.1. The van der Waals surface area contributed by atoms with E-state index in [1.54, 1.807) is 19.9 Å². The monoisotopic (exact) mass is 450 g/mol. The standard InChI is InChI=1S/C20H16Cl2N2O4S/c1-11(2)24(18(25)14-9-8-13(21)10-15(14)22)16-19(28-20(26)27)29-17(23-16)12-6-4-3-5-7-12/h3-11H,1-2H3,(H,26,27). The van der Waals surface area contributed by atoms with Crippen LogP contribution in [0, 0.1) is 0 Å². The second-order valence-corrected chi connectivity index (χ2v) is 8.06. The Balaban J connectivity index is 2.11. The van der Waals surface area contributed by atoms with Crippen molar-refractivity contribution in [2.45, 2.75) is 19.9 Å². The van der Waals surface area contributed by atoms with Crippen LogP contribution in [0.25, 0.3) is 10.6 Å². The fourth-order valence-electron chi connectivity index (χ4n) is 2.67. The van der Waals surface area contributed by atoms with Gasteiger partial charge in [-0.3, -0.25) is 9.69 Å². The number of hydrogen-bond donors (Lipinski definition) is 1. The van der Waals surface area contributed by atoms with E-state index in [0.717, 1.165) is 16.9 Å². The van der Waals surface area contributed by atoms with Crippen molar-refractivity contribution in [2.75, 3.05) is 4.90 Å². The van der Waals surface area contributed by atoms with Crippen LogP contribution in [0.15, 0.2) is 48.5 Å². The Hall–Kier alpha value is -2.61. The Bertz CT molecular complexity index is 1050. The van der Waals surface area contributed by atoms with Crippen molar-refractivity contribution in [1.82, 2.24) is 4.98 Å². The molecule has 1 aromatic heterocycles. The lowest BCUT2D eigenvalue weighted by atomic mass is 10.1. The van der Waals surface area contributed by atoms with Crippen LogP contribution in [0.4, 0.5) is 10.6 Å². The van der Waals surface area contributed by atoms with Crippen LogP contribution in [0.5, 0.6) is 5.06 Å². The van der Waals surface area contributed by atoms with Gasteiger partial charge in [-0.2, -0.15) is 0 Å². The molecule has 0 radical (unpaired) electrons. The summed E-state index contributed by atoms with van der Waals surface area (Å²) in [5.74, 6) is -0.330. The number of carbonyl (C=O) groups excluding carboxylic acids is 1. The maximum absolute atomic E-state index is 13.3. The highest BCUT2D eigenvalue weighted by Crippen LogP contribution is 2.41. The first-order valence-corrected chi connectivity index (χ1v) is 10.1. The number of amides is 1. The molecule has 0 unspecified atom stereocenters. The van der Waals surface area contributed by atoms with Crippen molar-refractivity contribution in [2.24, 2.45) is 0 Å². The molecule has 1 amide bonds. The molecule has 150 valence electrons. The zero-order valence-electron chi connectivity index (χ0n) is 15.4. The van der Waals surface area contributed by atoms with Crippen molar-refractivity contribution in [3.63, 3.8) is 0 Å². The highest BCUT2D eigenvalue weighted by molar-refractivity contribution is 7.17. The van der Waals surface area contributed by atoms with E-state index in [0.29, 0.717) is 10.0 Å². The topological polar surface area (TPSA) is 79.7 Å². The summed E-state index contributed by atoms with van der Waals surface area (Å²) in [5.41, 5.74) is 1.000. The minimum absolute atomic E-state index is 0.00323. The molecule has 1 heterocycles. The molecule has 29 heavy (non-hydrogen) atoms. The minimum atomic E-state index is -1.49. The number of aromatic nitrogens is 1. The van der Waals surface area contributed by atoms with E-state index in [1.165, 1.54) is 17.0 Å². The van der Waals surface area contributed by atoms with Gasteiger partial charge in [0.15, 0.2) is 5.82 Å². The highest BCUT2D eigenvalue weighted by Gasteiger charge is 2.30. The van der Waals surface area contributed by atoms with Gasteiger partial charge in [0.1, 0.15) is 5.01 Å². The number of thiazole rings is 1. The van der Waals surface area contributed by atoms with Crippen LogP contribution in [0.3, 0.4) is 0 Å². The number of benzene rings is 2. The highest BCUT2D eigenvalue weighted by atomic mass is 35.5. The van der Waals surface area contributed by atoms with Crippen molar-refractivity contribution in [3.8, 4) is 15.6 Å². The molecule has 9 heteroatoms. The van der Waals surface area contributed by atoms with Gasteiger partial charge in [-0.25, -0.2) is 9.78 Å². The van der Waals surface area contributed by atoms with Gasteiger partial charge in [0.2, 0.25) is 5.06 Å². The van der Waals surface area contributed by atoms with Crippen LogP contribution in [-0.4, -0.2) is 28.2 Å². The molecule has 0 fully saturated rings. The van der Waals surface area contributed by atoms with Crippen LogP contribution in [0.1, 0.15) is 24.2 Å². The summed E-state index contributed by atoms with van der Waals surface area (Å²) >= 11 is 13.2. The molecule has 6 nitrogen and oxygen atoms in total. The number of hydrogen-bond acceptors (Lipinski definition) is 5. The van der Waals surface area contributed by atoms with Gasteiger partial charge < -0.3 is 9.84 Å². The molecule has 3 rings (SSSR count). The number of carboxylic acid groups (broad SMARTS) is 1.